The Balaban J connectivity index is 1.50. The zero-order valence-electron chi connectivity index (χ0n) is 21.6. The number of nitrogens with two attached hydrogens (primary N) is 1. The average Bonchev–Trinajstić information content (AvgIpc) is 3.18. The summed E-state index contributed by atoms with van der Waals surface area (Å²) in [5, 5.41) is 6.84. The Hall–Kier alpha value is -2.12. The van der Waals surface area contributed by atoms with Crippen LogP contribution in [-0.4, -0.2) is 90.0 Å². The second-order valence-corrected chi connectivity index (χ2v) is 9.07. The van der Waals surface area contributed by atoms with Gasteiger partial charge in [0.2, 0.25) is 0 Å². The van der Waals surface area contributed by atoms with Gasteiger partial charge in [0.1, 0.15) is 0 Å². The van der Waals surface area contributed by atoms with E-state index in [4.69, 9.17) is 29.4 Å². The van der Waals surface area contributed by atoms with Crippen LogP contribution in [0.5, 0.6) is 0 Å². The molecule has 2 rings (SSSR count). The molecule has 10 nitrogen and oxygen atoms in total. The van der Waals surface area contributed by atoms with E-state index < -0.39 is 0 Å². The molecule has 0 saturated heterocycles. The third kappa shape index (κ3) is 11.7. The Bertz CT molecular complexity index is 876. The summed E-state index contributed by atoms with van der Waals surface area (Å²) >= 11 is 1.48. The highest BCUT2D eigenvalue weighted by atomic mass is 32.1. The van der Waals surface area contributed by atoms with Gasteiger partial charge in [-0.05, 0) is 38.5 Å². The van der Waals surface area contributed by atoms with Crippen molar-refractivity contribution in [1.82, 2.24) is 4.98 Å². The van der Waals surface area contributed by atoms with Crippen molar-refractivity contribution in [2.24, 2.45) is 5.73 Å². The van der Waals surface area contributed by atoms with Gasteiger partial charge in [0.05, 0.1) is 71.8 Å². The number of amides is 1. The van der Waals surface area contributed by atoms with E-state index in [0.29, 0.717) is 89.9 Å². The van der Waals surface area contributed by atoms with E-state index in [-0.39, 0.29) is 5.91 Å². The van der Waals surface area contributed by atoms with Crippen molar-refractivity contribution in [2.75, 3.05) is 89.8 Å². The summed E-state index contributed by atoms with van der Waals surface area (Å²) in [5.41, 5.74) is 8.66. The van der Waals surface area contributed by atoms with Gasteiger partial charge in [0.15, 0.2) is 5.13 Å². The van der Waals surface area contributed by atoms with Crippen molar-refractivity contribution in [1.29, 1.82) is 0 Å². The van der Waals surface area contributed by atoms with Crippen LogP contribution < -0.4 is 16.4 Å². The van der Waals surface area contributed by atoms with Crippen LogP contribution in [0.4, 0.5) is 10.8 Å². The number of carbonyl (C=O) groups is 1. The highest BCUT2D eigenvalue weighted by molar-refractivity contribution is 7.15. The lowest BCUT2D eigenvalue weighted by Gasteiger charge is -2.13. The normalized spacial score (nSPS) is 11.1. The predicted octanol–water partition coefficient (Wildman–Crippen LogP) is 2.77. The molecule has 1 amide bonds. The van der Waals surface area contributed by atoms with E-state index in [0.717, 1.165) is 21.8 Å². The average molecular weight is 525 g/mol. The largest absolute Gasteiger partial charge is 0.382 e. The molecule has 1 aromatic heterocycles. The second kappa shape index (κ2) is 18.2. The maximum atomic E-state index is 12.7. The van der Waals surface area contributed by atoms with Crippen LogP contribution in [0.2, 0.25) is 0 Å². The van der Waals surface area contributed by atoms with Crippen molar-refractivity contribution < 1.29 is 28.5 Å². The summed E-state index contributed by atoms with van der Waals surface area (Å²) in [5.74, 6) is -0.164. The maximum Gasteiger partial charge on any atom is 0.257 e. The van der Waals surface area contributed by atoms with Crippen LogP contribution >= 0.6 is 11.3 Å². The first-order chi connectivity index (χ1) is 17.5. The van der Waals surface area contributed by atoms with Gasteiger partial charge in [-0.3, -0.25) is 10.1 Å². The number of ether oxygens (including phenoxy) is 5. The number of hydrogen-bond donors (Lipinski definition) is 3. The van der Waals surface area contributed by atoms with Crippen LogP contribution in [-0.2, 0) is 23.7 Å². The molecule has 0 radical (unpaired) electrons. The quantitative estimate of drug-likeness (QED) is 0.224. The summed E-state index contributed by atoms with van der Waals surface area (Å²) in [6, 6.07) is 5.63. The second-order valence-electron chi connectivity index (χ2n) is 7.87. The maximum absolute atomic E-state index is 12.7. The number of aromatic nitrogens is 1. The van der Waals surface area contributed by atoms with E-state index in [2.05, 4.69) is 15.6 Å². The van der Waals surface area contributed by atoms with Gasteiger partial charge in [-0.2, -0.15) is 0 Å². The van der Waals surface area contributed by atoms with Crippen LogP contribution in [0, 0.1) is 20.8 Å². The van der Waals surface area contributed by atoms with Crippen LogP contribution in [0.1, 0.15) is 26.5 Å². The van der Waals surface area contributed by atoms with E-state index >= 15 is 0 Å². The van der Waals surface area contributed by atoms with E-state index in [1.807, 2.05) is 39.0 Å². The number of anilines is 2. The molecule has 11 heteroatoms. The van der Waals surface area contributed by atoms with Gasteiger partial charge < -0.3 is 34.7 Å². The third-order valence-corrected chi connectivity index (χ3v) is 6.13. The van der Waals surface area contributed by atoms with Gasteiger partial charge >= 0.3 is 0 Å². The molecule has 1 aromatic carbocycles. The van der Waals surface area contributed by atoms with E-state index in [9.17, 15) is 4.79 Å². The Morgan fingerprint density at radius 3 is 1.94 bits per heavy atom. The van der Waals surface area contributed by atoms with Crippen molar-refractivity contribution in [3.8, 4) is 0 Å². The summed E-state index contributed by atoms with van der Waals surface area (Å²) < 4.78 is 27.1. The molecule has 0 aliphatic rings. The molecule has 0 bridgehead atoms. The van der Waals surface area contributed by atoms with Crippen molar-refractivity contribution in [3.63, 3.8) is 0 Å². The molecule has 4 N–H and O–H groups in total. The van der Waals surface area contributed by atoms with Gasteiger partial charge in [0, 0.05) is 29.2 Å². The number of carbonyl (C=O) groups excluding carboxylic acids is 1. The Labute approximate surface area is 217 Å². The fourth-order valence-electron chi connectivity index (χ4n) is 3.09. The molecule has 0 fully saturated rings. The molecule has 0 atom stereocenters. The first-order valence-corrected chi connectivity index (χ1v) is 13.0. The smallest absolute Gasteiger partial charge is 0.257 e. The Kier molecular flexibility index (Phi) is 15.2. The molecule has 0 spiro atoms. The number of nitrogens with one attached hydrogen (secondary N) is 2. The Morgan fingerprint density at radius 2 is 1.42 bits per heavy atom. The number of nitrogens with zero attached hydrogens (tertiary/aromatic N) is 1. The fourth-order valence-corrected chi connectivity index (χ4v) is 3.90. The first-order valence-electron chi connectivity index (χ1n) is 12.2. The van der Waals surface area contributed by atoms with Crippen molar-refractivity contribution >= 4 is 28.1 Å². The lowest BCUT2D eigenvalue weighted by Crippen LogP contribution is -2.17. The minimum Gasteiger partial charge on any atom is -0.382 e. The molecule has 2 aromatic rings. The fraction of sp³-hybridized carbons (Fsp3) is 0.600. The van der Waals surface area contributed by atoms with Crippen LogP contribution in [0.15, 0.2) is 18.2 Å². The summed E-state index contributed by atoms with van der Waals surface area (Å²) in [7, 11) is 0. The molecule has 0 unspecified atom stereocenters. The highest BCUT2D eigenvalue weighted by Gasteiger charge is 2.14. The molecule has 0 saturated carbocycles. The predicted molar refractivity (Wildman–Crippen MR) is 142 cm³/mol. The van der Waals surface area contributed by atoms with Crippen molar-refractivity contribution in [3.05, 3.63) is 39.9 Å². The topological polar surface area (TPSA) is 126 Å². The van der Waals surface area contributed by atoms with Crippen LogP contribution in [0.25, 0.3) is 0 Å². The van der Waals surface area contributed by atoms with Crippen molar-refractivity contribution in [2.45, 2.75) is 20.8 Å². The molecular weight excluding hydrogens is 484 g/mol. The summed E-state index contributed by atoms with van der Waals surface area (Å²) in [6.45, 7) is 12.2. The number of hydrogen-bond acceptors (Lipinski definition) is 10. The standard InChI is InChI=1S/C25H40N4O6S/c1-19-22(24(30)29-25-28-20(2)21(3)36-25)5-4-6-23(19)27-8-10-32-12-14-34-16-18-35-17-15-33-13-11-31-9-7-26/h4-6,27H,7-18,26H2,1-3H3,(H,28,29,30). The summed E-state index contributed by atoms with van der Waals surface area (Å²) in [4.78, 5) is 18.2. The number of benzene rings is 1. The molecule has 0 aliphatic carbocycles. The third-order valence-electron chi connectivity index (χ3n) is 5.14. The highest BCUT2D eigenvalue weighted by Crippen LogP contribution is 2.24. The lowest BCUT2D eigenvalue weighted by atomic mass is 10.1. The number of aryl methyl sites for hydroxylation is 2. The SMILES string of the molecule is Cc1nc(NC(=O)c2cccc(NCCOCCOCCOCCOCCOCCN)c2C)sc1C. The van der Waals surface area contributed by atoms with E-state index in [1.165, 1.54) is 11.3 Å². The monoisotopic (exact) mass is 524 g/mol. The minimum atomic E-state index is -0.164. The molecule has 36 heavy (non-hydrogen) atoms. The zero-order chi connectivity index (χ0) is 26.0. The summed E-state index contributed by atoms with van der Waals surface area (Å²) in [6.07, 6.45) is 0. The molecule has 202 valence electrons. The minimum absolute atomic E-state index is 0.164. The van der Waals surface area contributed by atoms with E-state index in [1.54, 1.807) is 0 Å². The molecule has 0 aliphatic heterocycles. The number of thiazole rings is 1. The molecule has 1 heterocycles. The van der Waals surface area contributed by atoms with Crippen LogP contribution in [0.3, 0.4) is 0 Å². The van der Waals surface area contributed by atoms with Gasteiger partial charge in [-0.1, -0.05) is 6.07 Å². The van der Waals surface area contributed by atoms with Gasteiger partial charge in [-0.25, -0.2) is 4.98 Å². The Morgan fingerprint density at radius 1 is 0.861 bits per heavy atom. The first kappa shape index (κ1) is 30.1. The van der Waals surface area contributed by atoms with Gasteiger partial charge in [-0.15, -0.1) is 11.3 Å². The lowest BCUT2D eigenvalue weighted by molar-refractivity contribution is -0.00985. The number of rotatable bonds is 20. The van der Waals surface area contributed by atoms with Gasteiger partial charge in [0.25, 0.3) is 5.91 Å². The zero-order valence-corrected chi connectivity index (χ0v) is 22.4. The molecular formula is C25H40N4O6S.